The Balaban J connectivity index is 1.45. The lowest BCUT2D eigenvalue weighted by molar-refractivity contribution is -0.117. The average molecular weight is 519 g/mol. The number of furan rings is 1. The number of nitrogens with zero attached hydrogens (tertiary/aromatic N) is 1. The first-order valence-electron chi connectivity index (χ1n) is 9.64. The molecule has 1 atom stereocenters. The minimum Gasteiger partial charge on any atom is -0.418 e. The second kappa shape index (κ2) is 8.79. The van der Waals surface area contributed by atoms with Gasteiger partial charge in [-0.25, -0.2) is 13.2 Å². The van der Waals surface area contributed by atoms with Gasteiger partial charge in [0, 0.05) is 36.5 Å². The smallest absolute Gasteiger partial charge is 0.415 e. The molecule has 1 saturated heterocycles. The van der Waals surface area contributed by atoms with Crippen LogP contribution in [0, 0.1) is 0 Å². The number of carbonyl (C=O) groups is 2. The molecule has 3 aromatic rings. The number of anilines is 1. The molecule has 1 aliphatic heterocycles. The molecule has 0 spiro atoms. The average Bonchev–Trinajstić information content (AvgIpc) is 3.32. The van der Waals surface area contributed by atoms with Gasteiger partial charge in [-0.05, 0) is 45.8 Å². The van der Waals surface area contributed by atoms with Gasteiger partial charge in [-0.15, -0.1) is 0 Å². The van der Waals surface area contributed by atoms with E-state index in [1.54, 1.807) is 59.5 Å². The van der Waals surface area contributed by atoms with E-state index in [2.05, 4.69) is 21.2 Å². The number of carbonyl (C=O) groups excluding carboxylic acids is 2. The highest BCUT2D eigenvalue weighted by atomic mass is 79.9. The molecule has 0 saturated carbocycles. The van der Waals surface area contributed by atoms with Crippen LogP contribution in [0.15, 0.2) is 74.6 Å². The Bertz CT molecular complexity index is 1270. The predicted molar refractivity (Wildman–Crippen MR) is 121 cm³/mol. The first-order chi connectivity index (χ1) is 15.2. The van der Waals surface area contributed by atoms with Gasteiger partial charge in [0.2, 0.25) is 5.91 Å². The van der Waals surface area contributed by atoms with Crippen molar-refractivity contribution < 1.29 is 27.2 Å². The zero-order valence-corrected chi connectivity index (χ0v) is 19.4. The molecule has 2 heterocycles. The molecule has 10 heteroatoms. The first kappa shape index (κ1) is 22.1. The van der Waals surface area contributed by atoms with Gasteiger partial charge in [0.05, 0.1) is 10.9 Å². The third kappa shape index (κ3) is 4.86. The van der Waals surface area contributed by atoms with Gasteiger partial charge in [-0.3, -0.25) is 4.79 Å². The summed E-state index contributed by atoms with van der Waals surface area (Å²) in [6.07, 6.45) is 0.598. The SMILES string of the molecule is CS(=O)(=O)c1ccccc1-c1ccc(N2CC(NC(=O)Oc3ccc(Br)o3)CC2=O)cc1. The molecule has 8 nitrogen and oxygen atoms in total. The molecular formula is C22H19BrN2O6S. The van der Waals surface area contributed by atoms with Gasteiger partial charge in [0.1, 0.15) is 0 Å². The van der Waals surface area contributed by atoms with E-state index in [4.69, 9.17) is 9.15 Å². The quantitative estimate of drug-likeness (QED) is 0.546. The number of sulfone groups is 1. The van der Waals surface area contributed by atoms with Crippen LogP contribution in [0.5, 0.6) is 5.95 Å². The summed E-state index contributed by atoms with van der Waals surface area (Å²) in [6.45, 7) is 0.287. The van der Waals surface area contributed by atoms with Crippen LogP contribution in [0.3, 0.4) is 0 Å². The van der Waals surface area contributed by atoms with Crippen LogP contribution in [-0.4, -0.2) is 39.3 Å². The predicted octanol–water partition coefficient (Wildman–Crippen LogP) is 4.01. The third-order valence-electron chi connectivity index (χ3n) is 4.97. The Hall–Kier alpha value is -3.11. The summed E-state index contributed by atoms with van der Waals surface area (Å²) in [6, 6.07) is 16.5. The number of amides is 2. The van der Waals surface area contributed by atoms with E-state index >= 15 is 0 Å². The van der Waals surface area contributed by atoms with Crippen molar-refractivity contribution in [2.24, 2.45) is 0 Å². The van der Waals surface area contributed by atoms with Gasteiger partial charge in [-0.1, -0.05) is 30.3 Å². The molecular weight excluding hydrogens is 500 g/mol. The maximum absolute atomic E-state index is 12.5. The summed E-state index contributed by atoms with van der Waals surface area (Å²) in [7, 11) is -3.38. The lowest BCUT2D eigenvalue weighted by Crippen LogP contribution is -2.38. The van der Waals surface area contributed by atoms with Gasteiger partial charge in [0.15, 0.2) is 14.5 Å². The maximum atomic E-state index is 12.5. The summed E-state index contributed by atoms with van der Waals surface area (Å²) in [5, 5.41) is 2.66. The highest BCUT2D eigenvalue weighted by molar-refractivity contribution is 9.10. The maximum Gasteiger partial charge on any atom is 0.415 e. The van der Waals surface area contributed by atoms with E-state index in [0.717, 1.165) is 5.56 Å². The lowest BCUT2D eigenvalue weighted by Gasteiger charge is -2.18. The standard InChI is InChI=1S/C22H19BrN2O6S/c1-32(28,29)18-5-3-2-4-17(18)14-6-8-16(9-7-14)25-13-15(12-20(25)26)24-22(27)31-21-11-10-19(23)30-21/h2-11,15H,12-13H2,1H3,(H,24,27). The normalized spacial score (nSPS) is 16.2. The van der Waals surface area contributed by atoms with E-state index in [1.807, 2.05) is 0 Å². The summed E-state index contributed by atoms with van der Waals surface area (Å²) >= 11 is 3.13. The van der Waals surface area contributed by atoms with Gasteiger partial charge in [0.25, 0.3) is 5.95 Å². The summed E-state index contributed by atoms with van der Waals surface area (Å²) in [4.78, 5) is 26.4. The second-order valence-electron chi connectivity index (χ2n) is 7.31. The van der Waals surface area contributed by atoms with Crippen LogP contribution in [0.1, 0.15) is 6.42 Å². The highest BCUT2D eigenvalue weighted by Gasteiger charge is 2.32. The molecule has 2 aromatic carbocycles. The Morgan fingerprint density at radius 2 is 1.84 bits per heavy atom. The Morgan fingerprint density at radius 3 is 2.50 bits per heavy atom. The van der Waals surface area contributed by atoms with Crippen LogP contribution in [0.2, 0.25) is 0 Å². The summed E-state index contributed by atoms with van der Waals surface area (Å²) in [5.41, 5.74) is 1.98. The van der Waals surface area contributed by atoms with Crippen molar-refractivity contribution in [3.8, 4) is 17.1 Å². The van der Waals surface area contributed by atoms with Crippen molar-refractivity contribution in [2.75, 3.05) is 17.7 Å². The third-order valence-corrected chi connectivity index (χ3v) is 6.55. The number of nitrogens with one attached hydrogen (secondary N) is 1. The molecule has 1 aliphatic rings. The van der Waals surface area contributed by atoms with Crippen molar-refractivity contribution in [3.05, 3.63) is 65.3 Å². The van der Waals surface area contributed by atoms with E-state index in [-0.39, 0.29) is 29.7 Å². The minimum atomic E-state index is -3.38. The van der Waals surface area contributed by atoms with Gasteiger partial charge < -0.3 is 19.4 Å². The molecule has 166 valence electrons. The van der Waals surface area contributed by atoms with Crippen LogP contribution < -0.4 is 15.0 Å². The fourth-order valence-corrected chi connectivity index (χ4v) is 4.75. The van der Waals surface area contributed by atoms with Crippen LogP contribution in [-0.2, 0) is 14.6 Å². The van der Waals surface area contributed by atoms with Crippen molar-refractivity contribution >= 4 is 43.5 Å². The lowest BCUT2D eigenvalue weighted by atomic mass is 10.1. The number of hydrogen-bond acceptors (Lipinski definition) is 6. The van der Waals surface area contributed by atoms with E-state index in [1.165, 1.54) is 12.3 Å². The van der Waals surface area contributed by atoms with E-state index < -0.39 is 22.0 Å². The van der Waals surface area contributed by atoms with Crippen molar-refractivity contribution in [3.63, 3.8) is 0 Å². The summed E-state index contributed by atoms with van der Waals surface area (Å²) in [5.74, 6) is -0.0964. The molecule has 1 N–H and O–H groups in total. The number of halogens is 1. The highest BCUT2D eigenvalue weighted by Crippen LogP contribution is 2.30. The Labute approximate surface area is 193 Å². The zero-order valence-electron chi connectivity index (χ0n) is 16.9. The molecule has 2 amide bonds. The van der Waals surface area contributed by atoms with Crippen LogP contribution >= 0.6 is 15.9 Å². The van der Waals surface area contributed by atoms with Gasteiger partial charge >= 0.3 is 6.09 Å². The first-order valence-corrected chi connectivity index (χ1v) is 12.3. The van der Waals surface area contributed by atoms with Crippen LogP contribution in [0.4, 0.5) is 10.5 Å². The van der Waals surface area contributed by atoms with E-state index in [0.29, 0.717) is 15.9 Å². The van der Waals surface area contributed by atoms with Crippen LogP contribution in [0.25, 0.3) is 11.1 Å². The Morgan fingerprint density at radius 1 is 1.12 bits per heavy atom. The molecule has 0 bridgehead atoms. The number of benzene rings is 2. The number of ether oxygens (including phenoxy) is 1. The molecule has 1 aromatic heterocycles. The molecule has 4 rings (SSSR count). The number of hydrogen-bond donors (Lipinski definition) is 1. The largest absolute Gasteiger partial charge is 0.418 e. The van der Waals surface area contributed by atoms with Gasteiger partial charge in [-0.2, -0.15) is 0 Å². The second-order valence-corrected chi connectivity index (χ2v) is 10.1. The fraction of sp³-hybridized carbons (Fsp3) is 0.182. The molecule has 0 aliphatic carbocycles. The van der Waals surface area contributed by atoms with E-state index in [9.17, 15) is 18.0 Å². The van der Waals surface area contributed by atoms with Crippen molar-refractivity contribution in [2.45, 2.75) is 17.4 Å². The molecule has 32 heavy (non-hydrogen) atoms. The van der Waals surface area contributed by atoms with Crippen molar-refractivity contribution in [1.82, 2.24) is 5.32 Å². The zero-order chi connectivity index (χ0) is 22.9. The minimum absolute atomic E-state index is 0.0421. The molecule has 1 unspecified atom stereocenters. The monoisotopic (exact) mass is 518 g/mol. The topological polar surface area (TPSA) is 106 Å². The summed E-state index contributed by atoms with van der Waals surface area (Å²) < 4.78 is 34.8. The molecule has 1 fully saturated rings. The number of rotatable bonds is 5. The van der Waals surface area contributed by atoms with Crippen molar-refractivity contribution in [1.29, 1.82) is 0 Å². The Kier molecular flexibility index (Phi) is 6.07. The molecule has 0 radical (unpaired) electrons. The fourth-order valence-electron chi connectivity index (χ4n) is 3.54.